The molecule has 2 amide bonds. The zero-order valence-corrected chi connectivity index (χ0v) is 22.9. The third kappa shape index (κ3) is 10.2. The minimum atomic E-state index is -1.04. The van der Waals surface area contributed by atoms with E-state index >= 15 is 0 Å². The Morgan fingerprint density at radius 2 is 1.31 bits per heavy atom. The molecule has 7 heteroatoms. The van der Waals surface area contributed by atoms with E-state index < -0.39 is 35.8 Å². The number of aliphatic hydroxyl groups excluding tert-OH is 2. The van der Waals surface area contributed by atoms with Crippen LogP contribution < -0.4 is 10.6 Å². The number of aliphatic hydroxyl groups is 2. The minimum Gasteiger partial charge on any atom is -0.444 e. The van der Waals surface area contributed by atoms with Crippen LogP contribution in [0.5, 0.6) is 0 Å². The van der Waals surface area contributed by atoms with Gasteiger partial charge in [0, 0.05) is 5.92 Å². The van der Waals surface area contributed by atoms with E-state index in [4.69, 9.17) is 4.74 Å². The lowest BCUT2D eigenvalue weighted by Crippen LogP contribution is -2.48. The van der Waals surface area contributed by atoms with Gasteiger partial charge >= 0.3 is 6.09 Å². The van der Waals surface area contributed by atoms with Crippen LogP contribution in [-0.4, -0.2) is 46.6 Å². The molecule has 0 spiro atoms. The molecular formula is C32H40N2O5. The molecule has 7 nitrogen and oxygen atoms in total. The highest BCUT2D eigenvalue weighted by Gasteiger charge is 2.31. The Labute approximate surface area is 231 Å². The van der Waals surface area contributed by atoms with Crippen molar-refractivity contribution in [1.29, 1.82) is 0 Å². The van der Waals surface area contributed by atoms with E-state index in [-0.39, 0.29) is 18.9 Å². The fourth-order valence-electron chi connectivity index (χ4n) is 4.46. The first kappa shape index (κ1) is 29.9. The molecule has 4 atom stereocenters. The molecule has 0 saturated heterocycles. The van der Waals surface area contributed by atoms with Crippen molar-refractivity contribution in [1.82, 2.24) is 10.6 Å². The van der Waals surface area contributed by atoms with Gasteiger partial charge in [-0.05, 0) is 56.7 Å². The summed E-state index contributed by atoms with van der Waals surface area (Å²) in [6, 6.07) is 27.2. The quantitative estimate of drug-likeness (QED) is 0.273. The Kier molecular flexibility index (Phi) is 11.1. The predicted octanol–water partition coefficient (Wildman–Crippen LogP) is 4.58. The first-order valence-electron chi connectivity index (χ1n) is 13.4. The number of carbonyl (C=O) groups excluding carboxylic acids is 2. The number of hydrogen-bond acceptors (Lipinski definition) is 5. The van der Waals surface area contributed by atoms with Crippen LogP contribution in [0.15, 0.2) is 91.0 Å². The highest BCUT2D eigenvalue weighted by molar-refractivity contribution is 5.79. The Morgan fingerprint density at radius 3 is 1.82 bits per heavy atom. The van der Waals surface area contributed by atoms with Gasteiger partial charge in [-0.3, -0.25) is 4.79 Å². The van der Waals surface area contributed by atoms with Gasteiger partial charge in [-0.1, -0.05) is 91.0 Å². The SMILES string of the molecule is CC(C)(C)OC(=O)N[C@@H](Cc1ccccc1)[C@@H](O)C[C@@H](Cc1ccccc1)C(=O)NC(CO)c1ccccc1. The van der Waals surface area contributed by atoms with Crippen molar-refractivity contribution in [3.63, 3.8) is 0 Å². The smallest absolute Gasteiger partial charge is 0.407 e. The monoisotopic (exact) mass is 532 g/mol. The van der Waals surface area contributed by atoms with Crippen LogP contribution in [0, 0.1) is 5.92 Å². The molecule has 0 aliphatic heterocycles. The molecule has 208 valence electrons. The zero-order chi connectivity index (χ0) is 28.3. The Balaban J connectivity index is 1.82. The average molecular weight is 533 g/mol. The zero-order valence-electron chi connectivity index (χ0n) is 22.9. The second kappa shape index (κ2) is 14.5. The van der Waals surface area contributed by atoms with Gasteiger partial charge in [0.15, 0.2) is 0 Å². The van der Waals surface area contributed by atoms with Crippen LogP contribution >= 0.6 is 0 Å². The summed E-state index contributed by atoms with van der Waals surface area (Å²) in [6.07, 6.45) is -0.816. The molecule has 0 fully saturated rings. The number of benzene rings is 3. The van der Waals surface area contributed by atoms with Crippen molar-refractivity contribution in [2.75, 3.05) is 6.61 Å². The van der Waals surface area contributed by atoms with Crippen LogP contribution in [0.1, 0.15) is 49.9 Å². The van der Waals surface area contributed by atoms with Crippen LogP contribution in [-0.2, 0) is 22.4 Å². The summed E-state index contributed by atoms with van der Waals surface area (Å²) < 4.78 is 5.45. The Morgan fingerprint density at radius 1 is 0.795 bits per heavy atom. The molecule has 0 aliphatic carbocycles. The molecule has 0 saturated carbocycles. The van der Waals surface area contributed by atoms with Gasteiger partial charge < -0.3 is 25.6 Å². The molecule has 3 aromatic carbocycles. The first-order chi connectivity index (χ1) is 18.6. The predicted molar refractivity (Wildman–Crippen MR) is 152 cm³/mol. The minimum absolute atomic E-state index is 0.0982. The molecule has 0 heterocycles. The summed E-state index contributed by atoms with van der Waals surface area (Å²) in [4.78, 5) is 26.2. The maximum atomic E-state index is 13.6. The molecular weight excluding hydrogens is 492 g/mol. The van der Waals surface area contributed by atoms with Crippen molar-refractivity contribution >= 4 is 12.0 Å². The number of ether oxygens (including phenoxy) is 1. The van der Waals surface area contributed by atoms with Crippen molar-refractivity contribution in [3.05, 3.63) is 108 Å². The number of rotatable bonds is 12. The summed E-state index contributed by atoms with van der Waals surface area (Å²) in [5, 5.41) is 27.2. The van der Waals surface area contributed by atoms with Crippen molar-refractivity contribution in [2.24, 2.45) is 5.92 Å². The molecule has 0 bridgehead atoms. The van der Waals surface area contributed by atoms with Gasteiger partial charge in [-0.25, -0.2) is 4.79 Å². The van der Waals surface area contributed by atoms with Crippen molar-refractivity contribution < 1.29 is 24.5 Å². The van der Waals surface area contributed by atoms with Crippen molar-refractivity contribution in [3.8, 4) is 0 Å². The fourth-order valence-corrected chi connectivity index (χ4v) is 4.46. The third-order valence-electron chi connectivity index (χ3n) is 6.39. The lowest BCUT2D eigenvalue weighted by molar-refractivity contribution is -0.127. The van der Waals surface area contributed by atoms with Gasteiger partial charge in [-0.15, -0.1) is 0 Å². The standard InChI is InChI=1S/C32H40N2O5/c1-32(2,3)39-31(38)34-27(20-24-15-9-5-10-16-24)29(36)21-26(19-23-13-7-4-8-14-23)30(37)33-28(22-35)25-17-11-6-12-18-25/h4-18,26-29,35-36H,19-22H2,1-3H3,(H,33,37)(H,34,38)/t26-,27+,28?,29+/m1/s1. The second-order valence-electron chi connectivity index (χ2n) is 10.8. The van der Waals surface area contributed by atoms with Gasteiger partial charge in [0.05, 0.1) is 24.8 Å². The number of alkyl carbamates (subject to hydrolysis) is 1. The van der Waals surface area contributed by atoms with E-state index in [1.807, 2.05) is 91.0 Å². The van der Waals surface area contributed by atoms with Gasteiger partial charge in [-0.2, -0.15) is 0 Å². The summed E-state index contributed by atoms with van der Waals surface area (Å²) in [5.41, 5.74) is 1.98. The highest BCUT2D eigenvalue weighted by atomic mass is 16.6. The normalized spacial score (nSPS) is 14.5. The number of nitrogens with one attached hydrogen (secondary N) is 2. The summed E-state index contributed by atoms with van der Waals surface area (Å²) in [5.74, 6) is -0.893. The lowest BCUT2D eigenvalue weighted by Gasteiger charge is -2.29. The molecule has 39 heavy (non-hydrogen) atoms. The Bertz CT molecular complexity index is 1150. The van der Waals surface area contributed by atoms with E-state index in [0.717, 1.165) is 16.7 Å². The van der Waals surface area contributed by atoms with Gasteiger partial charge in [0.25, 0.3) is 0 Å². The maximum Gasteiger partial charge on any atom is 0.407 e. The summed E-state index contributed by atoms with van der Waals surface area (Å²) in [7, 11) is 0. The fraction of sp³-hybridized carbons (Fsp3) is 0.375. The van der Waals surface area contributed by atoms with E-state index in [9.17, 15) is 19.8 Å². The lowest BCUT2D eigenvalue weighted by atomic mass is 9.88. The van der Waals surface area contributed by atoms with Crippen molar-refractivity contribution in [2.45, 2.75) is 63.8 Å². The van der Waals surface area contributed by atoms with Crippen LogP contribution in [0.2, 0.25) is 0 Å². The molecule has 3 aromatic rings. The topological polar surface area (TPSA) is 108 Å². The molecule has 0 radical (unpaired) electrons. The second-order valence-corrected chi connectivity index (χ2v) is 10.8. The van der Waals surface area contributed by atoms with Gasteiger partial charge in [0.1, 0.15) is 5.60 Å². The molecule has 3 rings (SSSR count). The maximum absolute atomic E-state index is 13.6. The van der Waals surface area contributed by atoms with Gasteiger partial charge in [0.2, 0.25) is 5.91 Å². The number of carbonyl (C=O) groups is 2. The summed E-state index contributed by atoms with van der Waals surface area (Å²) in [6.45, 7) is 5.08. The molecule has 0 aromatic heterocycles. The third-order valence-corrected chi connectivity index (χ3v) is 6.39. The Hall–Kier alpha value is -3.68. The van der Waals surface area contributed by atoms with E-state index in [0.29, 0.717) is 12.8 Å². The molecule has 0 aliphatic rings. The average Bonchev–Trinajstić information content (AvgIpc) is 2.91. The number of hydrogen-bond donors (Lipinski definition) is 4. The van der Waals surface area contributed by atoms with Crippen LogP contribution in [0.25, 0.3) is 0 Å². The van der Waals surface area contributed by atoms with Crippen LogP contribution in [0.3, 0.4) is 0 Å². The van der Waals surface area contributed by atoms with Crippen LogP contribution in [0.4, 0.5) is 4.79 Å². The first-order valence-corrected chi connectivity index (χ1v) is 13.4. The van der Waals surface area contributed by atoms with E-state index in [1.165, 1.54) is 0 Å². The van der Waals surface area contributed by atoms with E-state index in [2.05, 4.69) is 10.6 Å². The summed E-state index contributed by atoms with van der Waals surface area (Å²) >= 11 is 0. The highest BCUT2D eigenvalue weighted by Crippen LogP contribution is 2.21. The number of amides is 2. The molecule has 1 unspecified atom stereocenters. The van der Waals surface area contributed by atoms with E-state index in [1.54, 1.807) is 20.8 Å². The molecule has 4 N–H and O–H groups in total. The largest absolute Gasteiger partial charge is 0.444 e.